The average Bonchev–Trinajstić information content (AvgIpc) is 3.23. The van der Waals surface area contributed by atoms with Crippen LogP contribution in [0.25, 0.3) is 10.9 Å². The molecular formula is C21H20N2O3S. The first-order chi connectivity index (χ1) is 13.2. The van der Waals surface area contributed by atoms with E-state index in [1.165, 1.54) is 0 Å². The number of nitrogens with one attached hydrogen (secondary N) is 1. The van der Waals surface area contributed by atoms with Crippen LogP contribution in [0.4, 0.5) is 4.79 Å². The van der Waals surface area contributed by atoms with Gasteiger partial charge in [-0.2, -0.15) is 0 Å². The Balaban J connectivity index is 1.60. The summed E-state index contributed by atoms with van der Waals surface area (Å²) in [5, 5.41) is 3.46. The van der Waals surface area contributed by atoms with Crippen molar-refractivity contribution in [2.24, 2.45) is 0 Å². The Bertz CT molecular complexity index is 984. The van der Waals surface area contributed by atoms with Gasteiger partial charge in [0.25, 0.3) is 5.24 Å². The van der Waals surface area contributed by atoms with Gasteiger partial charge in [0.15, 0.2) is 0 Å². The maximum atomic E-state index is 11.9. The number of nitrogens with zero attached hydrogens (tertiary/aromatic N) is 1. The van der Waals surface area contributed by atoms with E-state index in [1.807, 2.05) is 36.5 Å². The SMILES string of the molecule is COC(Cn1ccc2c(CC3NC(=O)SC3=O)cccc21)c1ccccc1. The number of rotatable bonds is 6. The number of ether oxygens (including phenoxy) is 1. The van der Waals surface area contributed by atoms with Crippen molar-refractivity contribution in [3.05, 3.63) is 71.9 Å². The molecule has 1 amide bonds. The van der Waals surface area contributed by atoms with Gasteiger partial charge in [-0.1, -0.05) is 42.5 Å². The fourth-order valence-corrected chi connectivity index (χ4v) is 4.20. The molecule has 27 heavy (non-hydrogen) atoms. The van der Waals surface area contributed by atoms with E-state index in [9.17, 15) is 9.59 Å². The maximum Gasteiger partial charge on any atom is 0.287 e. The van der Waals surface area contributed by atoms with Crippen LogP contribution in [0.3, 0.4) is 0 Å². The van der Waals surface area contributed by atoms with Gasteiger partial charge in [0, 0.05) is 42.4 Å². The number of carbonyl (C=O) groups excluding carboxylic acids is 2. The molecule has 2 heterocycles. The Morgan fingerprint density at radius 3 is 2.63 bits per heavy atom. The Labute approximate surface area is 161 Å². The van der Waals surface area contributed by atoms with Crippen LogP contribution in [-0.4, -0.2) is 28.1 Å². The summed E-state index contributed by atoms with van der Waals surface area (Å²) < 4.78 is 7.88. The summed E-state index contributed by atoms with van der Waals surface area (Å²) in [5.41, 5.74) is 3.28. The van der Waals surface area contributed by atoms with Crippen molar-refractivity contribution in [2.45, 2.75) is 25.1 Å². The van der Waals surface area contributed by atoms with Crippen molar-refractivity contribution in [1.29, 1.82) is 0 Å². The molecule has 2 atom stereocenters. The summed E-state index contributed by atoms with van der Waals surface area (Å²) in [7, 11) is 1.72. The smallest absolute Gasteiger partial charge is 0.287 e. The van der Waals surface area contributed by atoms with Crippen LogP contribution >= 0.6 is 11.8 Å². The lowest BCUT2D eigenvalue weighted by Gasteiger charge is -2.17. The molecule has 3 aromatic rings. The van der Waals surface area contributed by atoms with Crippen LogP contribution < -0.4 is 5.32 Å². The van der Waals surface area contributed by atoms with Crippen LogP contribution in [0.2, 0.25) is 0 Å². The third-order valence-corrected chi connectivity index (χ3v) is 5.71. The Kier molecular flexibility index (Phi) is 5.01. The summed E-state index contributed by atoms with van der Waals surface area (Å²) in [6.45, 7) is 0.697. The molecule has 0 spiro atoms. The highest BCUT2D eigenvalue weighted by Gasteiger charge is 2.31. The zero-order valence-electron chi connectivity index (χ0n) is 14.9. The van der Waals surface area contributed by atoms with Crippen LogP contribution in [0, 0.1) is 0 Å². The van der Waals surface area contributed by atoms with E-state index in [1.54, 1.807) is 7.11 Å². The highest BCUT2D eigenvalue weighted by Crippen LogP contribution is 2.27. The van der Waals surface area contributed by atoms with Gasteiger partial charge in [0.2, 0.25) is 5.12 Å². The predicted octanol–water partition coefficient (Wildman–Crippen LogP) is 3.92. The number of hydrogen-bond acceptors (Lipinski definition) is 4. The van der Waals surface area contributed by atoms with Gasteiger partial charge in [-0.3, -0.25) is 9.59 Å². The lowest BCUT2D eigenvalue weighted by atomic mass is 10.0. The van der Waals surface area contributed by atoms with Crippen molar-refractivity contribution < 1.29 is 14.3 Å². The van der Waals surface area contributed by atoms with E-state index in [0.29, 0.717) is 13.0 Å². The minimum atomic E-state index is -0.451. The summed E-state index contributed by atoms with van der Waals surface area (Å²) in [6, 6.07) is 17.8. The highest BCUT2D eigenvalue weighted by molar-refractivity contribution is 8.26. The molecule has 6 heteroatoms. The van der Waals surface area contributed by atoms with Gasteiger partial charge in [0.05, 0.1) is 12.6 Å². The fourth-order valence-electron chi connectivity index (χ4n) is 3.53. The zero-order chi connectivity index (χ0) is 18.8. The van der Waals surface area contributed by atoms with E-state index in [2.05, 4.69) is 34.1 Å². The molecule has 138 valence electrons. The quantitative estimate of drug-likeness (QED) is 0.704. The molecule has 0 saturated carbocycles. The molecule has 0 aliphatic carbocycles. The van der Waals surface area contributed by atoms with Gasteiger partial charge < -0.3 is 14.6 Å². The van der Waals surface area contributed by atoms with E-state index >= 15 is 0 Å². The summed E-state index contributed by atoms with van der Waals surface area (Å²) >= 11 is 0.757. The number of aromatic nitrogens is 1. The summed E-state index contributed by atoms with van der Waals surface area (Å²) in [5.74, 6) is 0. The first kappa shape index (κ1) is 17.8. The average molecular weight is 380 g/mol. The molecular weight excluding hydrogens is 360 g/mol. The number of benzene rings is 2. The van der Waals surface area contributed by atoms with Crippen molar-refractivity contribution >= 4 is 33.0 Å². The van der Waals surface area contributed by atoms with Crippen LogP contribution in [-0.2, 0) is 22.5 Å². The molecule has 5 nitrogen and oxygen atoms in total. The molecule has 1 saturated heterocycles. The molecule has 1 N–H and O–H groups in total. The third-order valence-electron chi connectivity index (χ3n) is 4.92. The number of fused-ring (bicyclic) bond motifs is 1. The molecule has 0 bridgehead atoms. The lowest BCUT2D eigenvalue weighted by Crippen LogP contribution is -2.30. The van der Waals surface area contributed by atoms with E-state index in [-0.39, 0.29) is 16.5 Å². The Morgan fingerprint density at radius 1 is 1.11 bits per heavy atom. The van der Waals surface area contributed by atoms with Crippen molar-refractivity contribution in [2.75, 3.05) is 7.11 Å². The molecule has 1 aliphatic heterocycles. The molecule has 4 rings (SSSR count). The summed E-state index contributed by atoms with van der Waals surface area (Å²) in [6.07, 6.45) is 2.51. The van der Waals surface area contributed by atoms with E-state index in [0.717, 1.165) is 33.8 Å². The van der Waals surface area contributed by atoms with Gasteiger partial charge >= 0.3 is 0 Å². The second kappa shape index (κ2) is 7.58. The summed E-state index contributed by atoms with van der Waals surface area (Å²) in [4.78, 5) is 23.4. The third kappa shape index (κ3) is 3.63. The van der Waals surface area contributed by atoms with Crippen LogP contribution in [0.1, 0.15) is 17.2 Å². The number of methoxy groups -OCH3 is 1. The molecule has 2 aromatic carbocycles. The maximum absolute atomic E-state index is 11.9. The fraction of sp³-hybridized carbons (Fsp3) is 0.238. The van der Waals surface area contributed by atoms with Crippen LogP contribution in [0.5, 0.6) is 0 Å². The molecule has 1 fully saturated rings. The standard InChI is InChI=1S/C21H20N2O3S/c1-26-19(14-6-3-2-4-7-14)13-23-11-10-16-15(8-5-9-18(16)23)12-17-20(24)27-21(25)22-17/h2-11,17,19H,12-13H2,1H3,(H,22,25). The normalized spacial score (nSPS) is 18.0. The Morgan fingerprint density at radius 2 is 1.93 bits per heavy atom. The monoisotopic (exact) mass is 380 g/mol. The molecule has 0 radical (unpaired) electrons. The molecule has 1 aliphatic rings. The number of amides is 1. The predicted molar refractivity (Wildman–Crippen MR) is 107 cm³/mol. The van der Waals surface area contributed by atoms with Gasteiger partial charge in [-0.25, -0.2) is 0 Å². The van der Waals surface area contributed by atoms with Gasteiger partial charge in [0.1, 0.15) is 6.04 Å². The van der Waals surface area contributed by atoms with Crippen molar-refractivity contribution in [1.82, 2.24) is 9.88 Å². The van der Waals surface area contributed by atoms with Gasteiger partial charge in [-0.15, -0.1) is 0 Å². The van der Waals surface area contributed by atoms with Crippen molar-refractivity contribution in [3.8, 4) is 0 Å². The topological polar surface area (TPSA) is 60.3 Å². The second-order valence-corrected chi connectivity index (χ2v) is 7.54. The van der Waals surface area contributed by atoms with Crippen LogP contribution in [0.15, 0.2) is 60.8 Å². The second-order valence-electron chi connectivity index (χ2n) is 6.56. The molecule has 1 aromatic heterocycles. The van der Waals surface area contributed by atoms with E-state index in [4.69, 9.17) is 4.74 Å². The number of thioether (sulfide) groups is 1. The first-order valence-electron chi connectivity index (χ1n) is 8.82. The van der Waals surface area contributed by atoms with Gasteiger partial charge in [-0.05, 0) is 23.3 Å². The number of carbonyl (C=O) groups is 2. The van der Waals surface area contributed by atoms with E-state index < -0.39 is 6.04 Å². The lowest BCUT2D eigenvalue weighted by molar-refractivity contribution is -0.112. The van der Waals surface area contributed by atoms with Crippen molar-refractivity contribution in [3.63, 3.8) is 0 Å². The Hall–Kier alpha value is -2.57. The minimum Gasteiger partial charge on any atom is -0.375 e. The highest BCUT2D eigenvalue weighted by atomic mass is 32.2. The zero-order valence-corrected chi connectivity index (χ0v) is 15.7. The minimum absolute atomic E-state index is 0.0439. The number of hydrogen-bond donors (Lipinski definition) is 1. The largest absolute Gasteiger partial charge is 0.375 e. The first-order valence-corrected chi connectivity index (χ1v) is 9.64. The molecule has 2 unspecified atom stereocenters.